The van der Waals surface area contributed by atoms with Gasteiger partial charge in [-0.1, -0.05) is 20.3 Å². The van der Waals surface area contributed by atoms with E-state index in [4.69, 9.17) is 0 Å². The van der Waals surface area contributed by atoms with Crippen LogP contribution in [0, 0.1) is 0 Å². The molecule has 0 saturated heterocycles. The molecule has 1 heterocycles. The molecule has 1 aromatic rings. The molecule has 0 saturated carbocycles. The van der Waals surface area contributed by atoms with Gasteiger partial charge in [0, 0.05) is 25.5 Å². The zero-order valence-corrected chi connectivity index (χ0v) is 10.6. The first-order valence-corrected chi connectivity index (χ1v) is 6.25. The Kier molecular flexibility index (Phi) is 6.07. The Bertz CT molecular complexity index is 352. The summed E-state index contributed by atoms with van der Waals surface area (Å²) in [7, 11) is 0. The number of unbranched alkanes of at least 4 members (excludes halogenated alkanes) is 1. The Morgan fingerprint density at radius 2 is 2.12 bits per heavy atom. The van der Waals surface area contributed by atoms with Gasteiger partial charge in [-0.15, -0.1) is 0 Å². The van der Waals surface area contributed by atoms with Gasteiger partial charge >= 0.3 is 0 Å². The minimum atomic E-state index is -0.0508. The third-order valence-corrected chi connectivity index (χ3v) is 2.45. The van der Waals surface area contributed by atoms with Crippen LogP contribution in [0.25, 0.3) is 0 Å². The van der Waals surface area contributed by atoms with Gasteiger partial charge in [0.15, 0.2) is 0 Å². The Labute approximate surface area is 103 Å². The molecule has 94 valence electrons. The topological polar surface area (TPSA) is 54.0 Å². The minimum absolute atomic E-state index is 0.0508. The molecule has 1 aromatic heterocycles. The van der Waals surface area contributed by atoms with Gasteiger partial charge in [0.2, 0.25) is 0 Å². The lowest BCUT2D eigenvalue weighted by molar-refractivity contribution is 0.0953. The van der Waals surface area contributed by atoms with Crippen LogP contribution in [0.5, 0.6) is 0 Å². The van der Waals surface area contributed by atoms with Crippen molar-refractivity contribution in [2.45, 2.75) is 33.1 Å². The lowest BCUT2D eigenvalue weighted by Crippen LogP contribution is -2.25. The van der Waals surface area contributed by atoms with Crippen LogP contribution >= 0.6 is 0 Å². The van der Waals surface area contributed by atoms with Crippen LogP contribution in [0.15, 0.2) is 18.5 Å². The van der Waals surface area contributed by atoms with E-state index in [1.54, 1.807) is 12.4 Å². The van der Waals surface area contributed by atoms with Crippen LogP contribution in [-0.4, -0.2) is 24.0 Å². The average molecular weight is 235 g/mol. The number of hydrogen-bond donors (Lipinski definition) is 2. The van der Waals surface area contributed by atoms with E-state index in [-0.39, 0.29) is 5.91 Å². The first-order valence-electron chi connectivity index (χ1n) is 6.25. The van der Waals surface area contributed by atoms with Crippen molar-refractivity contribution in [2.75, 3.05) is 18.4 Å². The zero-order chi connectivity index (χ0) is 12.5. The molecule has 0 atom stereocenters. The van der Waals surface area contributed by atoms with E-state index in [1.807, 2.05) is 6.07 Å². The summed E-state index contributed by atoms with van der Waals surface area (Å²) in [6.07, 6.45) is 6.41. The number of carbonyl (C=O) groups excluding carboxylic acids is 1. The summed E-state index contributed by atoms with van der Waals surface area (Å²) in [6, 6.07) is 1.84. The minimum Gasteiger partial charge on any atom is -0.384 e. The molecular formula is C13H21N3O. The molecule has 1 amide bonds. The first-order chi connectivity index (χ1) is 8.29. The summed E-state index contributed by atoms with van der Waals surface area (Å²) in [6.45, 7) is 5.77. The number of rotatable bonds is 7. The standard InChI is InChI=1S/C13H21N3O/c1-3-5-8-16-13(17)11-10-14-9-6-12(11)15-7-4-2/h6,9-10H,3-5,7-8H2,1-2H3,(H,14,15)(H,16,17). The smallest absolute Gasteiger partial charge is 0.254 e. The second kappa shape index (κ2) is 7.65. The Morgan fingerprint density at radius 3 is 2.82 bits per heavy atom. The van der Waals surface area contributed by atoms with Gasteiger partial charge in [0.1, 0.15) is 0 Å². The Balaban J connectivity index is 2.64. The molecule has 0 aromatic carbocycles. The van der Waals surface area contributed by atoms with E-state index in [0.717, 1.165) is 38.0 Å². The number of aromatic nitrogens is 1. The van der Waals surface area contributed by atoms with Gasteiger partial charge in [0.25, 0.3) is 5.91 Å². The highest BCUT2D eigenvalue weighted by Gasteiger charge is 2.10. The van der Waals surface area contributed by atoms with Crippen molar-refractivity contribution >= 4 is 11.6 Å². The van der Waals surface area contributed by atoms with Crippen LogP contribution < -0.4 is 10.6 Å². The van der Waals surface area contributed by atoms with Gasteiger partial charge in [-0.05, 0) is 18.9 Å². The van der Waals surface area contributed by atoms with Crippen LogP contribution in [0.1, 0.15) is 43.5 Å². The van der Waals surface area contributed by atoms with E-state index >= 15 is 0 Å². The molecule has 0 aliphatic carbocycles. The molecule has 17 heavy (non-hydrogen) atoms. The molecule has 0 fully saturated rings. The summed E-state index contributed by atoms with van der Waals surface area (Å²) in [4.78, 5) is 15.9. The molecule has 0 spiro atoms. The van der Waals surface area contributed by atoms with Crippen molar-refractivity contribution in [3.63, 3.8) is 0 Å². The number of pyridine rings is 1. The maximum Gasteiger partial charge on any atom is 0.254 e. The monoisotopic (exact) mass is 235 g/mol. The largest absolute Gasteiger partial charge is 0.384 e. The van der Waals surface area contributed by atoms with E-state index in [2.05, 4.69) is 29.5 Å². The molecule has 2 N–H and O–H groups in total. The van der Waals surface area contributed by atoms with Gasteiger partial charge in [0.05, 0.1) is 11.3 Å². The van der Waals surface area contributed by atoms with E-state index in [0.29, 0.717) is 5.56 Å². The number of hydrogen-bond acceptors (Lipinski definition) is 3. The fourth-order valence-corrected chi connectivity index (χ4v) is 1.46. The number of carbonyl (C=O) groups is 1. The van der Waals surface area contributed by atoms with E-state index in [1.165, 1.54) is 0 Å². The van der Waals surface area contributed by atoms with Crippen LogP contribution in [-0.2, 0) is 0 Å². The van der Waals surface area contributed by atoms with E-state index in [9.17, 15) is 4.79 Å². The van der Waals surface area contributed by atoms with Crippen LogP contribution in [0.4, 0.5) is 5.69 Å². The molecule has 1 rings (SSSR count). The van der Waals surface area contributed by atoms with Crippen molar-refractivity contribution in [3.05, 3.63) is 24.0 Å². The zero-order valence-electron chi connectivity index (χ0n) is 10.6. The quantitative estimate of drug-likeness (QED) is 0.714. The average Bonchev–Trinajstić information content (AvgIpc) is 2.37. The normalized spacial score (nSPS) is 10.0. The molecule has 0 bridgehead atoms. The predicted molar refractivity (Wildman–Crippen MR) is 70.3 cm³/mol. The number of nitrogens with zero attached hydrogens (tertiary/aromatic N) is 1. The maximum atomic E-state index is 11.9. The molecule has 4 heteroatoms. The van der Waals surface area contributed by atoms with Gasteiger partial charge in [-0.2, -0.15) is 0 Å². The summed E-state index contributed by atoms with van der Waals surface area (Å²) in [5, 5.41) is 6.13. The lowest BCUT2D eigenvalue weighted by atomic mass is 10.2. The highest BCUT2D eigenvalue weighted by molar-refractivity contribution is 5.99. The molecule has 0 aliphatic rings. The summed E-state index contributed by atoms with van der Waals surface area (Å²) in [5.41, 5.74) is 1.48. The van der Waals surface area contributed by atoms with Crippen molar-refractivity contribution in [2.24, 2.45) is 0 Å². The third kappa shape index (κ3) is 4.43. The fraction of sp³-hybridized carbons (Fsp3) is 0.538. The van der Waals surface area contributed by atoms with Crippen molar-refractivity contribution in [3.8, 4) is 0 Å². The van der Waals surface area contributed by atoms with Crippen LogP contribution in [0.3, 0.4) is 0 Å². The predicted octanol–water partition coefficient (Wildman–Crippen LogP) is 2.43. The fourth-order valence-electron chi connectivity index (χ4n) is 1.46. The summed E-state index contributed by atoms with van der Waals surface area (Å²) < 4.78 is 0. The second-order valence-electron chi connectivity index (χ2n) is 3.96. The summed E-state index contributed by atoms with van der Waals surface area (Å²) >= 11 is 0. The van der Waals surface area contributed by atoms with Crippen LogP contribution in [0.2, 0.25) is 0 Å². The highest BCUT2D eigenvalue weighted by atomic mass is 16.1. The van der Waals surface area contributed by atoms with Gasteiger partial charge < -0.3 is 10.6 Å². The molecule has 0 unspecified atom stereocenters. The third-order valence-electron chi connectivity index (χ3n) is 2.45. The Morgan fingerprint density at radius 1 is 1.29 bits per heavy atom. The number of amides is 1. The van der Waals surface area contributed by atoms with Crippen molar-refractivity contribution in [1.82, 2.24) is 10.3 Å². The maximum absolute atomic E-state index is 11.9. The SMILES string of the molecule is CCCCNC(=O)c1cnccc1NCCC. The number of nitrogens with one attached hydrogen (secondary N) is 2. The Hall–Kier alpha value is -1.58. The second-order valence-corrected chi connectivity index (χ2v) is 3.96. The lowest BCUT2D eigenvalue weighted by Gasteiger charge is -2.10. The highest BCUT2D eigenvalue weighted by Crippen LogP contribution is 2.13. The number of anilines is 1. The van der Waals surface area contributed by atoms with Gasteiger partial charge in [-0.3, -0.25) is 9.78 Å². The molecule has 0 aliphatic heterocycles. The molecular weight excluding hydrogens is 214 g/mol. The van der Waals surface area contributed by atoms with E-state index < -0.39 is 0 Å². The molecule has 0 radical (unpaired) electrons. The van der Waals surface area contributed by atoms with Gasteiger partial charge in [-0.25, -0.2) is 0 Å². The van der Waals surface area contributed by atoms with Crippen molar-refractivity contribution < 1.29 is 4.79 Å². The van der Waals surface area contributed by atoms with Crippen molar-refractivity contribution in [1.29, 1.82) is 0 Å². The summed E-state index contributed by atoms with van der Waals surface area (Å²) in [5.74, 6) is -0.0508. The first kappa shape index (κ1) is 13.5. The molecule has 4 nitrogen and oxygen atoms in total.